The number of nitrogens with zero attached hydrogens (tertiary/aromatic N) is 3. The molecule has 0 aliphatic heterocycles. The molecule has 0 saturated heterocycles. The van der Waals surface area contributed by atoms with Crippen LogP contribution >= 0.6 is 23.2 Å². The lowest BCUT2D eigenvalue weighted by Gasteiger charge is -2.11. The molecule has 0 unspecified atom stereocenters. The number of rotatable bonds is 8. The number of amides is 1. The molecule has 2 aromatic heterocycles. The van der Waals surface area contributed by atoms with Gasteiger partial charge in [0.2, 0.25) is 0 Å². The molecule has 5 aromatic rings. The number of carbonyl (C=O) groups is 1. The first-order valence-electron chi connectivity index (χ1n) is 11.8. The molecule has 0 bridgehead atoms. The number of carbonyl (C=O) groups excluding carboxylic acids is 1. The van der Waals surface area contributed by atoms with E-state index in [0.29, 0.717) is 11.3 Å². The first kappa shape index (κ1) is 28.3. The van der Waals surface area contributed by atoms with Crippen molar-refractivity contribution in [3.63, 3.8) is 0 Å². The lowest BCUT2D eigenvalue weighted by molar-refractivity contribution is 0.102. The smallest absolute Gasteiger partial charge is 0.280 e. The van der Waals surface area contributed by atoms with Crippen LogP contribution in [0.25, 0.3) is 16.9 Å². The third kappa shape index (κ3) is 5.94. The van der Waals surface area contributed by atoms with Crippen molar-refractivity contribution in [3.8, 4) is 17.0 Å². The number of hydrogen-bond donors (Lipinski definition) is 2. The monoisotopic (exact) mass is 617 g/mol. The van der Waals surface area contributed by atoms with Crippen molar-refractivity contribution in [2.24, 2.45) is 0 Å². The van der Waals surface area contributed by atoms with Gasteiger partial charge in [-0.3, -0.25) is 9.52 Å². The molecule has 2 N–H and O–H groups in total. The Balaban J connectivity index is 1.40. The van der Waals surface area contributed by atoms with Crippen LogP contribution in [0.1, 0.15) is 22.5 Å². The lowest BCUT2D eigenvalue weighted by Crippen LogP contribution is -2.14. The average molecular weight is 618 g/mol. The van der Waals surface area contributed by atoms with E-state index < -0.39 is 28.0 Å². The normalized spacial score (nSPS) is 11.6. The Hall–Kier alpha value is -4.26. The minimum Gasteiger partial charge on any atom is -0.497 e. The first-order chi connectivity index (χ1) is 19.6. The Labute approximate surface area is 242 Å². The van der Waals surface area contributed by atoms with Gasteiger partial charge in [0.05, 0.1) is 39.6 Å². The van der Waals surface area contributed by atoms with Crippen LogP contribution in [0.2, 0.25) is 10.0 Å². The van der Waals surface area contributed by atoms with Crippen LogP contribution in [-0.2, 0) is 10.0 Å². The number of alkyl halides is 2. The Bertz CT molecular complexity index is 1870. The SMILES string of the molecule is COc1ccc(-c2cc(C(F)F)n3ncc(C(=O)Nc4ccc(S(=O)(=O)Nc5ccc(Cl)c(Cl)c5)cc4)c3n2)cc1. The zero-order chi connectivity index (χ0) is 29.3. The summed E-state index contributed by atoms with van der Waals surface area (Å²) in [6.45, 7) is 0. The molecule has 0 atom stereocenters. The molecule has 1 amide bonds. The fraction of sp³-hybridized carbons (Fsp3) is 0.0741. The average Bonchev–Trinajstić information content (AvgIpc) is 3.39. The molecule has 5 rings (SSSR count). The maximum absolute atomic E-state index is 13.9. The van der Waals surface area contributed by atoms with Crippen LogP contribution in [0.4, 0.5) is 20.2 Å². The van der Waals surface area contributed by atoms with Crippen molar-refractivity contribution in [2.75, 3.05) is 17.1 Å². The van der Waals surface area contributed by atoms with Gasteiger partial charge in [-0.25, -0.2) is 26.7 Å². The number of halogens is 4. The number of hydrogen-bond acceptors (Lipinski definition) is 6. The highest BCUT2D eigenvalue weighted by atomic mass is 35.5. The number of sulfonamides is 1. The summed E-state index contributed by atoms with van der Waals surface area (Å²) in [6, 6.07) is 17.5. The lowest BCUT2D eigenvalue weighted by atomic mass is 10.1. The summed E-state index contributed by atoms with van der Waals surface area (Å²) < 4.78 is 61.8. The molecule has 2 heterocycles. The first-order valence-corrected chi connectivity index (χ1v) is 14.0. The highest BCUT2D eigenvalue weighted by Crippen LogP contribution is 2.29. The number of anilines is 2. The van der Waals surface area contributed by atoms with Gasteiger partial charge in [-0.1, -0.05) is 23.2 Å². The van der Waals surface area contributed by atoms with Crippen LogP contribution in [0.5, 0.6) is 5.75 Å². The Morgan fingerprint density at radius 3 is 2.27 bits per heavy atom. The van der Waals surface area contributed by atoms with E-state index in [1.54, 1.807) is 24.3 Å². The summed E-state index contributed by atoms with van der Waals surface area (Å²) in [6.07, 6.45) is -1.75. The van der Waals surface area contributed by atoms with Crippen molar-refractivity contribution in [2.45, 2.75) is 11.3 Å². The Morgan fingerprint density at radius 2 is 1.63 bits per heavy atom. The fourth-order valence-corrected chi connectivity index (χ4v) is 5.25. The van der Waals surface area contributed by atoms with Crippen LogP contribution < -0.4 is 14.8 Å². The van der Waals surface area contributed by atoms with E-state index in [9.17, 15) is 22.0 Å². The molecule has 0 spiro atoms. The zero-order valence-corrected chi connectivity index (χ0v) is 23.3. The van der Waals surface area contributed by atoms with Crippen molar-refractivity contribution in [1.29, 1.82) is 0 Å². The van der Waals surface area contributed by atoms with E-state index >= 15 is 0 Å². The third-order valence-corrected chi connectivity index (χ3v) is 8.08. The highest BCUT2D eigenvalue weighted by molar-refractivity contribution is 7.92. The third-order valence-electron chi connectivity index (χ3n) is 5.95. The molecule has 0 fully saturated rings. The molecular weight excluding hydrogens is 599 g/mol. The number of methoxy groups -OCH3 is 1. The minimum atomic E-state index is -3.98. The van der Waals surface area contributed by atoms with E-state index in [4.69, 9.17) is 27.9 Å². The molecule has 0 aliphatic rings. The summed E-state index contributed by atoms with van der Waals surface area (Å²) in [5.41, 5.74) is 0.654. The summed E-state index contributed by atoms with van der Waals surface area (Å²) in [5.74, 6) is -0.0959. The molecule has 3 aromatic carbocycles. The van der Waals surface area contributed by atoms with E-state index in [1.165, 1.54) is 55.6 Å². The highest BCUT2D eigenvalue weighted by Gasteiger charge is 2.22. The topological polar surface area (TPSA) is 115 Å². The predicted octanol–water partition coefficient (Wildman–Crippen LogP) is 6.70. The molecule has 9 nitrogen and oxygen atoms in total. The maximum atomic E-state index is 13.9. The Kier molecular flexibility index (Phi) is 7.80. The van der Waals surface area contributed by atoms with Crippen molar-refractivity contribution in [1.82, 2.24) is 14.6 Å². The number of ether oxygens (including phenoxy) is 1. The second-order valence-electron chi connectivity index (χ2n) is 8.60. The van der Waals surface area contributed by atoms with E-state index in [2.05, 4.69) is 20.1 Å². The number of nitrogens with one attached hydrogen (secondary N) is 2. The molecule has 0 aliphatic carbocycles. The van der Waals surface area contributed by atoms with Gasteiger partial charge in [-0.05, 0) is 72.8 Å². The van der Waals surface area contributed by atoms with Gasteiger partial charge in [0.25, 0.3) is 22.4 Å². The van der Waals surface area contributed by atoms with Gasteiger partial charge in [-0.2, -0.15) is 5.10 Å². The number of benzene rings is 3. The maximum Gasteiger partial charge on any atom is 0.280 e. The van der Waals surface area contributed by atoms with Crippen LogP contribution in [0, 0.1) is 0 Å². The summed E-state index contributed by atoms with van der Waals surface area (Å²) in [4.78, 5) is 17.5. The van der Waals surface area contributed by atoms with Gasteiger partial charge in [0.15, 0.2) is 5.65 Å². The summed E-state index contributed by atoms with van der Waals surface area (Å²) in [5, 5.41) is 7.03. The van der Waals surface area contributed by atoms with Crippen molar-refractivity contribution >= 4 is 56.2 Å². The van der Waals surface area contributed by atoms with Gasteiger partial charge in [0, 0.05) is 11.3 Å². The molecule has 14 heteroatoms. The second-order valence-corrected chi connectivity index (χ2v) is 11.1. The molecule has 0 saturated carbocycles. The molecule has 210 valence electrons. The van der Waals surface area contributed by atoms with Crippen LogP contribution in [0.3, 0.4) is 0 Å². The van der Waals surface area contributed by atoms with E-state index in [1.807, 2.05) is 0 Å². The molecule has 0 radical (unpaired) electrons. The summed E-state index contributed by atoms with van der Waals surface area (Å²) >= 11 is 11.8. The van der Waals surface area contributed by atoms with Gasteiger partial charge >= 0.3 is 0 Å². The standard InChI is InChI=1S/C27H19Cl2F2N5O4S/c1-40-18-7-2-15(3-8-18)23-13-24(25(30)31)36-26(34-23)20(14-32-36)27(37)33-16-4-9-19(10-5-16)41(38,39)35-17-6-11-21(28)22(29)12-17/h2-14,25,35H,1H3,(H,33,37). The molecular formula is C27H19Cl2F2N5O4S. The number of fused-ring (bicyclic) bond motifs is 1. The van der Waals surface area contributed by atoms with Gasteiger partial charge in [-0.15, -0.1) is 0 Å². The van der Waals surface area contributed by atoms with Crippen molar-refractivity contribution < 1.29 is 26.7 Å². The van der Waals surface area contributed by atoms with Gasteiger partial charge < -0.3 is 10.1 Å². The largest absolute Gasteiger partial charge is 0.497 e. The van der Waals surface area contributed by atoms with E-state index in [-0.39, 0.29) is 43.2 Å². The predicted molar refractivity (Wildman–Crippen MR) is 152 cm³/mol. The van der Waals surface area contributed by atoms with Gasteiger partial charge in [0.1, 0.15) is 17.0 Å². The number of aromatic nitrogens is 3. The van der Waals surface area contributed by atoms with Crippen LogP contribution in [0.15, 0.2) is 83.9 Å². The van der Waals surface area contributed by atoms with Crippen LogP contribution in [-0.4, -0.2) is 36.0 Å². The summed E-state index contributed by atoms with van der Waals surface area (Å²) in [7, 11) is -2.47. The van der Waals surface area contributed by atoms with Crippen molar-refractivity contribution in [3.05, 3.63) is 100 Å². The second kappa shape index (κ2) is 11.3. The quantitative estimate of drug-likeness (QED) is 0.200. The minimum absolute atomic E-state index is 0.0553. The fourth-order valence-electron chi connectivity index (χ4n) is 3.90. The molecule has 41 heavy (non-hydrogen) atoms. The van der Waals surface area contributed by atoms with E-state index in [0.717, 1.165) is 10.7 Å². The zero-order valence-electron chi connectivity index (χ0n) is 21.0. The Morgan fingerprint density at radius 1 is 0.951 bits per heavy atom.